The fourth-order valence-corrected chi connectivity index (χ4v) is 0.663. The molecule has 0 saturated carbocycles. The Balaban J connectivity index is 0.000000281. The van der Waals surface area contributed by atoms with Crippen LogP contribution in [0.5, 0.6) is 0 Å². The number of cyclic esters (lactones) is 2. The van der Waals surface area contributed by atoms with Crippen molar-refractivity contribution < 1.29 is 29.0 Å². The first-order chi connectivity index (χ1) is 7.51. The van der Waals surface area contributed by atoms with Crippen molar-refractivity contribution in [1.82, 2.24) is 0 Å². The fourth-order valence-electron chi connectivity index (χ4n) is 0.663. The molecule has 0 aliphatic carbocycles. The minimum atomic E-state index is -1.22. The lowest BCUT2D eigenvalue weighted by atomic mass is 10.3. The Labute approximate surface area is 92.2 Å². The van der Waals surface area contributed by atoms with Gasteiger partial charge < -0.3 is 14.6 Å². The highest BCUT2D eigenvalue weighted by Crippen LogP contribution is 2.05. The van der Waals surface area contributed by atoms with E-state index < -0.39 is 24.0 Å². The molecule has 0 aromatic carbocycles. The van der Waals surface area contributed by atoms with Gasteiger partial charge in [-0.1, -0.05) is 19.2 Å². The Hall–Kier alpha value is -1.95. The van der Waals surface area contributed by atoms with Crippen molar-refractivity contribution in [2.45, 2.75) is 12.5 Å². The molecule has 0 bridgehead atoms. The van der Waals surface area contributed by atoms with E-state index in [0.717, 1.165) is 6.08 Å². The number of carbonyl (C=O) groups excluding carboxylic acids is 3. The molecular weight excluding hydrogens is 216 g/mol. The lowest BCUT2D eigenvalue weighted by Crippen LogP contribution is -2.11. The molecule has 0 aromatic rings. The number of hydrogen-bond acceptors (Lipinski definition) is 6. The predicted molar refractivity (Wildman–Crippen MR) is 53.1 cm³/mol. The SMILES string of the molecule is C=CCOC(=O)C=C.O=C1CC(O)C(=O)O1. The highest BCUT2D eigenvalue weighted by molar-refractivity contribution is 5.95. The topological polar surface area (TPSA) is 89.9 Å². The monoisotopic (exact) mass is 228 g/mol. The number of esters is 3. The molecule has 0 radical (unpaired) electrons. The zero-order chi connectivity index (χ0) is 12.6. The van der Waals surface area contributed by atoms with E-state index in [2.05, 4.69) is 22.6 Å². The van der Waals surface area contributed by atoms with Gasteiger partial charge in [-0.15, -0.1) is 0 Å². The van der Waals surface area contributed by atoms with Gasteiger partial charge in [0.2, 0.25) is 0 Å². The summed E-state index contributed by atoms with van der Waals surface area (Å²) in [6.45, 7) is 6.81. The zero-order valence-corrected chi connectivity index (χ0v) is 8.55. The molecule has 1 saturated heterocycles. The van der Waals surface area contributed by atoms with Crippen molar-refractivity contribution >= 4 is 17.9 Å². The summed E-state index contributed by atoms with van der Waals surface area (Å²) in [6, 6.07) is 0. The molecule has 1 aliphatic rings. The highest BCUT2D eigenvalue weighted by Gasteiger charge is 2.30. The van der Waals surface area contributed by atoms with Gasteiger partial charge in [0.1, 0.15) is 6.61 Å². The number of aliphatic hydroxyl groups is 1. The number of ether oxygens (including phenoxy) is 2. The highest BCUT2D eigenvalue weighted by atomic mass is 16.6. The van der Waals surface area contributed by atoms with Crippen LogP contribution in [-0.4, -0.2) is 35.7 Å². The largest absolute Gasteiger partial charge is 0.458 e. The molecule has 6 nitrogen and oxygen atoms in total. The molecule has 1 rings (SSSR count). The Morgan fingerprint density at radius 1 is 1.56 bits per heavy atom. The van der Waals surface area contributed by atoms with Crippen molar-refractivity contribution in [3.05, 3.63) is 25.3 Å². The third-order valence-corrected chi connectivity index (χ3v) is 1.36. The van der Waals surface area contributed by atoms with E-state index in [9.17, 15) is 14.4 Å². The third-order valence-electron chi connectivity index (χ3n) is 1.36. The lowest BCUT2D eigenvalue weighted by Gasteiger charge is -1.92. The average molecular weight is 228 g/mol. The molecule has 0 aromatic heterocycles. The maximum absolute atomic E-state index is 10.2. The van der Waals surface area contributed by atoms with Gasteiger partial charge in [0.15, 0.2) is 6.10 Å². The van der Waals surface area contributed by atoms with Gasteiger partial charge in [0, 0.05) is 6.08 Å². The van der Waals surface area contributed by atoms with Crippen molar-refractivity contribution in [3.63, 3.8) is 0 Å². The van der Waals surface area contributed by atoms with Gasteiger partial charge in [0.25, 0.3) is 0 Å². The number of rotatable bonds is 3. The molecule has 1 unspecified atom stereocenters. The maximum atomic E-state index is 10.2. The summed E-state index contributed by atoms with van der Waals surface area (Å²) in [7, 11) is 0. The van der Waals surface area contributed by atoms with Crippen LogP contribution in [0.1, 0.15) is 6.42 Å². The van der Waals surface area contributed by atoms with E-state index in [0.29, 0.717) is 0 Å². The van der Waals surface area contributed by atoms with Gasteiger partial charge >= 0.3 is 17.9 Å². The molecule has 0 spiro atoms. The van der Waals surface area contributed by atoms with E-state index in [-0.39, 0.29) is 13.0 Å². The maximum Gasteiger partial charge on any atom is 0.343 e. The molecule has 0 amide bonds. The van der Waals surface area contributed by atoms with Crippen molar-refractivity contribution in [1.29, 1.82) is 0 Å². The molecule has 1 aliphatic heterocycles. The van der Waals surface area contributed by atoms with Crippen LogP contribution < -0.4 is 0 Å². The first kappa shape index (κ1) is 14.1. The van der Waals surface area contributed by atoms with Crippen LogP contribution in [-0.2, 0) is 23.9 Å². The predicted octanol–water partition coefficient (Wildman–Crippen LogP) is -0.278. The molecule has 1 N–H and O–H groups in total. The van der Waals surface area contributed by atoms with E-state index >= 15 is 0 Å². The Kier molecular flexibility index (Phi) is 6.46. The Morgan fingerprint density at radius 3 is 2.44 bits per heavy atom. The smallest absolute Gasteiger partial charge is 0.343 e. The van der Waals surface area contributed by atoms with E-state index in [1.807, 2.05) is 0 Å². The molecular formula is C10H12O6. The van der Waals surface area contributed by atoms with Crippen LogP contribution in [0.3, 0.4) is 0 Å². The summed E-state index contributed by atoms with van der Waals surface area (Å²) >= 11 is 0. The molecule has 6 heteroatoms. The van der Waals surface area contributed by atoms with E-state index in [1.54, 1.807) is 0 Å². The summed E-state index contributed by atoms with van der Waals surface area (Å²) in [5.74, 6) is -1.90. The molecule has 1 atom stereocenters. The van der Waals surface area contributed by atoms with Crippen molar-refractivity contribution in [3.8, 4) is 0 Å². The van der Waals surface area contributed by atoms with Gasteiger partial charge in [-0.25, -0.2) is 9.59 Å². The van der Waals surface area contributed by atoms with Crippen LogP contribution in [0.15, 0.2) is 25.3 Å². The minimum absolute atomic E-state index is 0.196. The van der Waals surface area contributed by atoms with Crippen molar-refractivity contribution in [2.75, 3.05) is 6.61 Å². The fraction of sp³-hybridized carbons (Fsp3) is 0.300. The van der Waals surface area contributed by atoms with Crippen LogP contribution in [0.25, 0.3) is 0 Å². The van der Waals surface area contributed by atoms with Crippen molar-refractivity contribution in [2.24, 2.45) is 0 Å². The number of carbonyl (C=O) groups is 3. The second-order valence-corrected chi connectivity index (χ2v) is 2.64. The normalized spacial score (nSPS) is 17.9. The molecule has 1 heterocycles. The van der Waals surface area contributed by atoms with Gasteiger partial charge in [-0.05, 0) is 0 Å². The summed E-state index contributed by atoms with van der Waals surface area (Å²) in [6.07, 6.45) is 1.20. The van der Waals surface area contributed by atoms with Gasteiger partial charge in [-0.3, -0.25) is 4.79 Å². The van der Waals surface area contributed by atoms with E-state index in [4.69, 9.17) is 5.11 Å². The van der Waals surface area contributed by atoms with Crippen LogP contribution in [0.2, 0.25) is 0 Å². The molecule has 88 valence electrons. The van der Waals surface area contributed by atoms with Gasteiger partial charge in [-0.2, -0.15) is 0 Å². The summed E-state index contributed by atoms with van der Waals surface area (Å²) in [4.78, 5) is 30.3. The van der Waals surface area contributed by atoms with Crippen LogP contribution >= 0.6 is 0 Å². The number of aliphatic hydroxyl groups excluding tert-OH is 1. The Morgan fingerprint density at radius 2 is 2.19 bits per heavy atom. The summed E-state index contributed by atoms with van der Waals surface area (Å²) in [5.41, 5.74) is 0. The molecule has 16 heavy (non-hydrogen) atoms. The lowest BCUT2D eigenvalue weighted by molar-refractivity contribution is -0.154. The second-order valence-electron chi connectivity index (χ2n) is 2.64. The summed E-state index contributed by atoms with van der Waals surface area (Å²) < 4.78 is 8.41. The second kappa shape index (κ2) is 7.36. The molecule has 1 fully saturated rings. The minimum Gasteiger partial charge on any atom is -0.458 e. The quantitative estimate of drug-likeness (QED) is 0.309. The van der Waals surface area contributed by atoms with E-state index in [1.165, 1.54) is 6.08 Å². The summed E-state index contributed by atoms with van der Waals surface area (Å²) in [5, 5.41) is 8.47. The third kappa shape index (κ3) is 5.71. The standard InChI is InChI=1S/C6H8O2.C4H4O4/c1-3-5-8-6(7)4-2;5-2-1-3(6)8-4(2)7/h3-4H,1-2,5H2;2,5H,1H2. The zero-order valence-electron chi connectivity index (χ0n) is 8.55. The number of hydrogen-bond donors (Lipinski definition) is 1. The Bertz CT molecular complexity index is 306. The average Bonchev–Trinajstić information content (AvgIpc) is 2.53. The van der Waals surface area contributed by atoms with Crippen LogP contribution in [0, 0.1) is 0 Å². The van der Waals surface area contributed by atoms with Gasteiger partial charge in [0.05, 0.1) is 6.42 Å². The van der Waals surface area contributed by atoms with Crippen LogP contribution in [0.4, 0.5) is 0 Å². The first-order valence-corrected chi connectivity index (χ1v) is 4.34. The first-order valence-electron chi connectivity index (χ1n) is 4.34.